The van der Waals surface area contributed by atoms with Crippen molar-refractivity contribution in [1.82, 2.24) is 14.8 Å². The first-order valence-corrected chi connectivity index (χ1v) is 8.23. The van der Waals surface area contributed by atoms with Crippen molar-refractivity contribution in [2.75, 3.05) is 5.32 Å². The third kappa shape index (κ3) is 4.01. The molecule has 0 saturated heterocycles. The van der Waals surface area contributed by atoms with Gasteiger partial charge in [-0.25, -0.2) is 4.68 Å². The van der Waals surface area contributed by atoms with E-state index in [9.17, 15) is 9.59 Å². The Kier molecular flexibility index (Phi) is 5.20. The number of carbonyl (C=O) groups excluding carboxylic acids is 2. The smallest absolute Gasteiger partial charge is 0.234 e. The zero-order valence-corrected chi connectivity index (χ0v) is 14.8. The van der Waals surface area contributed by atoms with Crippen LogP contribution in [0.2, 0.25) is 10.0 Å². The number of nitrogens with one attached hydrogen (secondary N) is 1. The Bertz CT molecular complexity index is 973. The molecular weight excluding hydrogens is 377 g/mol. The molecule has 7 nitrogen and oxygen atoms in total. The van der Waals surface area contributed by atoms with E-state index in [1.54, 1.807) is 42.7 Å². The number of anilines is 1. The van der Waals surface area contributed by atoms with Crippen LogP contribution in [0.25, 0.3) is 16.9 Å². The minimum absolute atomic E-state index is 0.344. The number of pyridine rings is 1. The Labute approximate surface area is 158 Å². The number of hydrogen-bond acceptors (Lipinski definition) is 4. The number of hydrogen-bond donors (Lipinski definition) is 2. The van der Waals surface area contributed by atoms with E-state index < -0.39 is 18.2 Å². The number of primary amides is 1. The monoisotopic (exact) mass is 389 g/mol. The van der Waals surface area contributed by atoms with Crippen LogP contribution in [0.4, 0.5) is 5.82 Å². The summed E-state index contributed by atoms with van der Waals surface area (Å²) < 4.78 is 1.49. The molecular formula is C17H13Cl2N5O2. The van der Waals surface area contributed by atoms with Crippen molar-refractivity contribution in [3.8, 4) is 16.9 Å². The SMILES string of the molecule is NC(=O)CC(=O)Nc1cc(-c2cccnc2)nn1-c1ccc(Cl)c(Cl)c1. The summed E-state index contributed by atoms with van der Waals surface area (Å²) in [6, 6.07) is 10.2. The number of amides is 2. The van der Waals surface area contributed by atoms with E-state index in [1.165, 1.54) is 4.68 Å². The molecule has 26 heavy (non-hydrogen) atoms. The summed E-state index contributed by atoms with van der Waals surface area (Å²) in [5.74, 6) is -0.916. The Hall–Kier alpha value is -2.90. The minimum atomic E-state index is -0.726. The van der Waals surface area contributed by atoms with E-state index in [2.05, 4.69) is 15.4 Å². The van der Waals surface area contributed by atoms with Gasteiger partial charge in [-0.15, -0.1) is 0 Å². The quantitative estimate of drug-likeness (QED) is 0.654. The second kappa shape index (κ2) is 7.55. The average molecular weight is 390 g/mol. The number of halogens is 2. The highest BCUT2D eigenvalue weighted by molar-refractivity contribution is 6.42. The van der Waals surface area contributed by atoms with Crippen LogP contribution in [0, 0.1) is 0 Å². The fourth-order valence-corrected chi connectivity index (χ4v) is 2.58. The van der Waals surface area contributed by atoms with Gasteiger partial charge in [0.1, 0.15) is 12.2 Å². The molecule has 0 aliphatic rings. The lowest BCUT2D eigenvalue weighted by Crippen LogP contribution is -2.22. The molecule has 0 fully saturated rings. The van der Waals surface area contributed by atoms with Crippen LogP contribution in [-0.4, -0.2) is 26.6 Å². The lowest BCUT2D eigenvalue weighted by Gasteiger charge is -2.09. The predicted molar refractivity (Wildman–Crippen MR) is 99.3 cm³/mol. The summed E-state index contributed by atoms with van der Waals surface area (Å²) in [4.78, 5) is 27.0. The van der Waals surface area contributed by atoms with Gasteiger partial charge in [0.15, 0.2) is 0 Å². The lowest BCUT2D eigenvalue weighted by molar-refractivity contribution is -0.124. The first-order chi connectivity index (χ1) is 12.4. The summed E-state index contributed by atoms with van der Waals surface area (Å²) in [5.41, 5.74) is 7.00. The van der Waals surface area contributed by atoms with E-state index in [4.69, 9.17) is 28.9 Å². The van der Waals surface area contributed by atoms with Gasteiger partial charge in [0.2, 0.25) is 11.8 Å². The first-order valence-electron chi connectivity index (χ1n) is 7.48. The molecule has 0 atom stereocenters. The van der Waals surface area contributed by atoms with Crippen LogP contribution < -0.4 is 11.1 Å². The minimum Gasteiger partial charge on any atom is -0.369 e. The van der Waals surface area contributed by atoms with Crippen molar-refractivity contribution < 1.29 is 9.59 Å². The summed E-state index contributed by atoms with van der Waals surface area (Å²) in [7, 11) is 0. The van der Waals surface area contributed by atoms with E-state index in [0.717, 1.165) is 5.56 Å². The highest BCUT2D eigenvalue weighted by atomic mass is 35.5. The molecule has 0 spiro atoms. The highest BCUT2D eigenvalue weighted by Gasteiger charge is 2.15. The van der Waals surface area contributed by atoms with Crippen molar-refractivity contribution in [3.63, 3.8) is 0 Å². The molecule has 0 saturated carbocycles. The van der Waals surface area contributed by atoms with E-state index in [0.29, 0.717) is 27.2 Å². The summed E-state index contributed by atoms with van der Waals surface area (Å²) in [6.07, 6.45) is 2.86. The Morgan fingerprint density at radius 3 is 2.62 bits per heavy atom. The van der Waals surface area contributed by atoms with Crippen molar-refractivity contribution in [2.45, 2.75) is 6.42 Å². The molecule has 0 aliphatic carbocycles. The van der Waals surface area contributed by atoms with Gasteiger partial charge in [0.05, 0.1) is 21.4 Å². The maximum atomic E-state index is 12.0. The van der Waals surface area contributed by atoms with Gasteiger partial charge in [0.25, 0.3) is 0 Å². The maximum Gasteiger partial charge on any atom is 0.234 e. The van der Waals surface area contributed by atoms with Crippen molar-refractivity contribution >= 4 is 40.8 Å². The molecule has 9 heteroatoms. The predicted octanol–water partition coefficient (Wildman–Crippen LogP) is 3.06. The van der Waals surface area contributed by atoms with E-state index >= 15 is 0 Å². The van der Waals surface area contributed by atoms with Gasteiger partial charge in [-0.2, -0.15) is 5.10 Å². The molecule has 2 heterocycles. The van der Waals surface area contributed by atoms with Crippen LogP contribution in [0.15, 0.2) is 48.8 Å². The fraction of sp³-hybridized carbons (Fsp3) is 0.0588. The van der Waals surface area contributed by atoms with Crippen LogP contribution >= 0.6 is 23.2 Å². The van der Waals surface area contributed by atoms with E-state index in [-0.39, 0.29) is 0 Å². The van der Waals surface area contributed by atoms with Gasteiger partial charge in [-0.05, 0) is 30.3 Å². The standard InChI is InChI=1S/C17H13Cl2N5O2/c18-12-4-3-11(6-13(12)19)24-16(22-17(26)8-15(20)25)7-14(23-24)10-2-1-5-21-9-10/h1-7,9H,8H2,(H2,20,25)(H,22,26). The van der Waals surface area contributed by atoms with Crippen LogP contribution in [0.5, 0.6) is 0 Å². The molecule has 3 N–H and O–H groups in total. The highest BCUT2D eigenvalue weighted by Crippen LogP contribution is 2.28. The number of nitrogens with two attached hydrogens (primary N) is 1. The Balaban J connectivity index is 2.05. The number of nitrogens with zero attached hydrogens (tertiary/aromatic N) is 3. The molecule has 1 aromatic carbocycles. The number of rotatable bonds is 5. The largest absolute Gasteiger partial charge is 0.369 e. The summed E-state index contributed by atoms with van der Waals surface area (Å²) in [5, 5.41) is 7.87. The Morgan fingerprint density at radius 1 is 1.15 bits per heavy atom. The molecule has 3 aromatic rings. The average Bonchev–Trinajstić information content (AvgIpc) is 3.01. The number of benzene rings is 1. The van der Waals surface area contributed by atoms with Crippen molar-refractivity contribution in [2.24, 2.45) is 5.73 Å². The van der Waals surface area contributed by atoms with Crippen molar-refractivity contribution in [1.29, 1.82) is 0 Å². The molecule has 132 valence electrons. The van der Waals surface area contributed by atoms with Crippen LogP contribution in [0.3, 0.4) is 0 Å². The topological polar surface area (TPSA) is 103 Å². The summed E-state index contributed by atoms with van der Waals surface area (Å²) >= 11 is 12.0. The molecule has 0 unspecified atom stereocenters. The number of carbonyl (C=O) groups is 2. The second-order valence-electron chi connectivity index (χ2n) is 5.36. The summed E-state index contributed by atoms with van der Waals surface area (Å²) in [6.45, 7) is 0. The molecule has 3 rings (SSSR count). The van der Waals surface area contributed by atoms with Gasteiger partial charge in [0, 0.05) is 24.0 Å². The third-order valence-corrected chi connectivity index (χ3v) is 4.16. The van der Waals surface area contributed by atoms with Gasteiger partial charge >= 0.3 is 0 Å². The van der Waals surface area contributed by atoms with Gasteiger partial charge in [-0.1, -0.05) is 23.2 Å². The maximum absolute atomic E-state index is 12.0. The molecule has 2 amide bonds. The van der Waals surface area contributed by atoms with Crippen molar-refractivity contribution in [3.05, 3.63) is 58.8 Å². The molecule has 2 aromatic heterocycles. The van der Waals surface area contributed by atoms with Crippen LogP contribution in [-0.2, 0) is 9.59 Å². The fourth-order valence-electron chi connectivity index (χ4n) is 2.28. The van der Waals surface area contributed by atoms with E-state index in [1.807, 2.05) is 6.07 Å². The number of aromatic nitrogens is 3. The zero-order valence-electron chi connectivity index (χ0n) is 13.3. The molecule has 0 bridgehead atoms. The van der Waals surface area contributed by atoms with Gasteiger partial charge < -0.3 is 11.1 Å². The zero-order chi connectivity index (χ0) is 18.7. The third-order valence-electron chi connectivity index (χ3n) is 3.42. The second-order valence-corrected chi connectivity index (χ2v) is 6.17. The lowest BCUT2D eigenvalue weighted by atomic mass is 10.2. The molecule has 0 aliphatic heterocycles. The normalized spacial score (nSPS) is 10.5. The van der Waals surface area contributed by atoms with Gasteiger partial charge in [-0.3, -0.25) is 14.6 Å². The first kappa shape index (κ1) is 17.9. The Morgan fingerprint density at radius 2 is 1.96 bits per heavy atom. The van der Waals surface area contributed by atoms with Crippen LogP contribution in [0.1, 0.15) is 6.42 Å². The molecule has 0 radical (unpaired) electrons.